The molecule has 0 aliphatic heterocycles. The van der Waals surface area contributed by atoms with E-state index in [1.807, 2.05) is 54.6 Å². The Morgan fingerprint density at radius 1 is 0.760 bits per heavy atom. The number of hydrogen-bond acceptors (Lipinski definition) is 1. The monoisotopic (exact) mass is 389 g/mol. The highest BCUT2D eigenvalue weighted by Crippen LogP contribution is 2.49. The summed E-state index contributed by atoms with van der Waals surface area (Å²) in [4.78, 5) is 11.7. The second kappa shape index (κ2) is 7.45. The van der Waals surface area contributed by atoms with Crippen LogP contribution in [0, 0.1) is 0 Å². The van der Waals surface area contributed by atoms with Gasteiger partial charge < -0.3 is 5.11 Å². The minimum Gasteiger partial charge on any atom is -0.463 e. The molecule has 6 heteroatoms. The second-order valence-corrected chi connectivity index (χ2v) is 9.02. The first kappa shape index (κ1) is 17.8. The Morgan fingerprint density at radius 3 is 1.64 bits per heavy atom. The van der Waals surface area contributed by atoms with Gasteiger partial charge in [0.1, 0.15) is 0 Å². The molecular formula is C19H14Cl2NO2P. The van der Waals surface area contributed by atoms with Crippen LogP contribution in [0.5, 0.6) is 0 Å². The predicted octanol–water partition coefficient (Wildman–Crippen LogP) is 5.15. The molecular weight excluding hydrogens is 376 g/mol. The molecule has 0 heterocycles. The SMILES string of the molecule is O=C(O)N=P(c1ccccc1)(c1ccccc1Cl)c1ccccc1Cl. The summed E-state index contributed by atoms with van der Waals surface area (Å²) in [6.45, 7) is 0. The molecule has 3 rings (SSSR count). The van der Waals surface area contributed by atoms with Crippen LogP contribution < -0.4 is 15.9 Å². The zero-order valence-electron chi connectivity index (χ0n) is 13.0. The second-order valence-electron chi connectivity index (χ2n) is 5.26. The van der Waals surface area contributed by atoms with Crippen molar-refractivity contribution < 1.29 is 9.90 Å². The Bertz CT molecular complexity index is 924. The highest BCUT2D eigenvalue weighted by Gasteiger charge is 2.32. The predicted molar refractivity (Wildman–Crippen MR) is 106 cm³/mol. The van der Waals surface area contributed by atoms with E-state index in [4.69, 9.17) is 23.2 Å². The number of hydrogen-bond donors (Lipinski definition) is 1. The van der Waals surface area contributed by atoms with Gasteiger partial charge in [0.05, 0.1) is 17.1 Å². The normalized spacial score (nSPS) is 11.1. The molecule has 0 radical (unpaired) electrons. The Hall–Kier alpha value is -2.06. The summed E-state index contributed by atoms with van der Waals surface area (Å²) < 4.78 is 4.20. The lowest BCUT2D eigenvalue weighted by molar-refractivity contribution is 0.206. The highest BCUT2D eigenvalue weighted by atomic mass is 35.5. The Labute approximate surface area is 155 Å². The van der Waals surface area contributed by atoms with E-state index in [-0.39, 0.29) is 0 Å². The average molecular weight is 390 g/mol. The van der Waals surface area contributed by atoms with E-state index >= 15 is 0 Å². The fourth-order valence-corrected chi connectivity index (χ4v) is 7.16. The Morgan fingerprint density at radius 2 is 1.20 bits per heavy atom. The van der Waals surface area contributed by atoms with Crippen molar-refractivity contribution in [2.75, 3.05) is 0 Å². The van der Waals surface area contributed by atoms with Crippen LogP contribution >= 0.6 is 30.3 Å². The van der Waals surface area contributed by atoms with Gasteiger partial charge in [-0.1, -0.05) is 89.9 Å². The maximum atomic E-state index is 11.7. The van der Waals surface area contributed by atoms with E-state index < -0.39 is 13.1 Å². The minimum atomic E-state index is -2.92. The molecule has 0 aliphatic rings. The molecule has 3 aromatic carbocycles. The molecule has 0 aliphatic carbocycles. The van der Waals surface area contributed by atoms with Gasteiger partial charge in [0.2, 0.25) is 0 Å². The van der Waals surface area contributed by atoms with Crippen LogP contribution in [0.25, 0.3) is 0 Å². The van der Waals surface area contributed by atoms with E-state index in [0.717, 1.165) is 5.30 Å². The highest BCUT2D eigenvalue weighted by molar-refractivity contribution is 7.88. The first-order valence-corrected chi connectivity index (χ1v) is 9.96. The molecule has 126 valence electrons. The summed E-state index contributed by atoms with van der Waals surface area (Å²) in [5.74, 6) is 0. The third-order valence-electron chi connectivity index (χ3n) is 3.77. The smallest absolute Gasteiger partial charge is 0.430 e. The van der Waals surface area contributed by atoms with Gasteiger partial charge in [-0.2, -0.15) is 4.74 Å². The molecule has 0 saturated carbocycles. The molecule has 0 saturated heterocycles. The van der Waals surface area contributed by atoms with Crippen molar-refractivity contribution in [1.29, 1.82) is 0 Å². The van der Waals surface area contributed by atoms with Crippen LogP contribution in [0.1, 0.15) is 0 Å². The maximum absolute atomic E-state index is 11.7. The Balaban J connectivity index is 2.53. The first-order valence-electron chi connectivity index (χ1n) is 7.47. The molecule has 0 unspecified atom stereocenters. The number of nitrogens with zero attached hydrogens (tertiary/aromatic N) is 1. The van der Waals surface area contributed by atoms with Crippen molar-refractivity contribution in [3.05, 3.63) is 88.9 Å². The Kier molecular flexibility index (Phi) is 5.29. The van der Waals surface area contributed by atoms with Gasteiger partial charge in [0.25, 0.3) is 0 Å². The van der Waals surface area contributed by atoms with Crippen molar-refractivity contribution in [3.63, 3.8) is 0 Å². The first-order chi connectivity index (χ1) is 12.1. The summed E-state index contributed by atoms with van der Waals surface area (Å²) >= 11 is 13.0. The molecule has 0 atom stereocenters. The van der Waals surface area contributed by atoms with Crippen LogP contribution in [0.2, 0.25) is 10.0 Å². The van der Waals surface area contributed by atoms with Gasteiger partial charge >= 0.3 is 6.09 Å². The molecule has 3 nitrogen and oxygen atoms in total. The lowest BCUT2D eigenvalue weighted by Gasteiger charge is -2.27. The molecule has 1 N–H and O–H groups in total. The van der Waals surface area contributed by atoms with Gasteiger partial charge in [-0.3, -0.25) is 0 Å². The third kappa shape index (κ3) is 3.36. The van der Waals surface area contributed by atoms with E-state index in [0.29, 0.717) is 20.7 Å². The van der Waals surface area contributed by atoms with Gasteiger partial charge in [-0.25, -0.2) is 4.79 Å². The number of carbonyl (C=O) groups is 1. The zero-order valence-corrected chi connectivity index (χ0v) is 15.4. The largest absolute Gasteiger partial charge is 0.463 e. The van der Waals surface area contributed by atoms with Crippen LogP contribution in [0.3, 0.4) is 0 Å². The van der Waals surface area contributed by atoms with E-state index in [2.05, 4.69) is 4.74 Å². The number of carboxylic acid groups (broad SMARTS) is 1. The minimum absolute atomic E-state index is 0.463. The standard InChI is InChI=1S/C19H14Cl2NO2P/c20-15-10-4-6-12-17(15)25(22-19(23)24,14-8-2-1-3-9-14)18-13-7-5-11-16(18)21/h1-13H,(H,23,24). The number of amides is 1. The van der Waals surface area contributed by atoms with Gasteiger partial charge in [0.15, 0.2) is 0 Å². The molecule has 25 heavy (non-hydrogen) atoms. The summed E-state index contributed by atoms with van der Waals surface area (Å²) in [5, 5.41) is 12.6. The number of rotatable bonds is 3. The molecule has 0 bridgehead atoms. The molecule has 0 spiro atoms. The van der Waals surface area contributed by atoms with E-state index in [1.54, 1.807) is 24.3 Å². The lowest BCUT2D eigenvalue weighted by Crippen LogP contribution is -2.27. The quantitative estimate of drug-likeness (QED) is 0.629. The van der Waals surface area contributed by atoms with Crippen molar-refractivity contribution in [2.45, 2.75) is 0 Å². The average Bonchev–Trinajstić information content (AvgIpc) is 2.61. The van der Waals surface area contributed by atoms with Crippen molar-refractivity contribution in [2.24, 2.45) is 4.74 Å². The van der Waals surface area contributed by atoms with Crippen LogP contribution in [-0.2, 0) is 0 Å². The molecule has 0 fully saturated rings. The summed E-state index contributed by atoms with van der Waals surface area (Å²) in [7, 11) is -2.92. The molecule has 1 amide bonds. The fourth-order valence-electron chi connectivity index (χ4n) is 2.77. The maximum Gasteiger partial charge on any atom is 0.430 e. The number of benzene rings is 3. The molecule has 0 aromatic heterocycles. The molecule has 3 aromatic rings. The van der Waals surface area contributed by atoms with Gasteiger partial charge in [-0.05, 0) is 12.1 Å². The number of halogens is 2. The summed E-state index contributed by atoms with van der Waals surface area (Å²) in [6, 6.07) is 23.7. The van der Waals surface area contributed by atoms with Crippen molar-refractivity contribution in [3.8, 4) is 0 Å². The summed E-state index contributed by atoms with van der Waals surface area (Å²) in [5.41, 5.74) is 0. The van der Waals surface area contributed by atoms with Crippen molar-refractivity contribution in [1.82, 2.24) is 0 Å². The lowest BCUT2D eigenvalue weighted by atomic mass is 10.3. The van der Waals surface area contributed by atoms with Gasteiger partial charge in [-0.15, -0.1) is 0 Å². The van der Waals surface area contributed by atoms with E-state index in [9.17, 15) is 9.90 Å². The fraction of sp³-hybridized carbons (Fsp3) is 0. The summed E-state index contributed by atoms with van der Waals surface area (Å²) in [6.07, 6.45) is -1.25. The van der Waals surface area contributed by atoms with Gasteiger partial charge in [0, 0.05) is 15.9 Å². The van der Waals surface area contributed by atoms with Crippen LogP contribution in [0.15, 0.2) is 83.6 Å². The van der Waals surface area contributed by atoms with Crippen LogP contribution in [-0.4, -0.2) is 11.2 Å². The topological polar surface area (TPSA) is 49.7 Å². The van der Waals surface area contributed by atoms with Crippen molar-refractivity contribution >= 4 is 52.3 Å². The van der Waals surface area contributed by atoms with E-state index in [1.165, 1.54) is 0 Å². The van der Waals surface area contributed by atoms with Crippen LogP contribution in [0.4, 0.5) is 4.79 Å². The third-order valence-corrected chi connectivity index (χ3v) is 8.38. The zero-order chi connectivity index (χ0) is 17.9.